The second-order valence-electron chi connectivity index (χ2n) is 32.7. The summed E-state index contributed by atoms with van der Waals surface area (Å²) in [5.41, 5.74) is 5.06. The number of aliphatic imine (C=N–C) groups is 1. The summed E-state index contributed by atoms with van der Waals surface area (Å²) >= 11 is 16.1. The van der Waals surface area contributed by atoms with E-state index < -0.39 is 67.1 Å². The molecule has 0 radical (unpaired) electrons. The number of hydrogen-bond donors (Lipinski definition) is 6. The Kier molecular flexibility index (Phi) is 36.7. The van der Waals surface area contributed by atoms with Crippen LogP contribution in [0.5, 0.6) is 36.1 Å². The van der Waals surface area contributed by atoms with E-state index in [0.29, 0.717) is 145 Å². The van der Waals surface area contributed by atoms with Crippen molar-refractivity contribution in [3.63, 3.8) is 0 Å². The Balaban J connectivity index is 0.000000141. The number of aromatic nitrogens is 13. The van der Waals surface area contributed by atoms with Crippen LogP contribution in [0.15, 0.2) is 257 Å². The van der Waals surface area contributed by atoms with Gasteiger partial charge in [-0.3, -0.25) is 63.7 Å². The Bertz CT molecular complexity index is 8820. The number of hydrogen-bond acceptors (Lipinski definition) is 41. The molecule has 1 fully saturated rings. The molecule has 15 aromatic heterocycles. The van der Waals surface area contributed by atoms with E-state index in [1.54, 1.807) is 57.5 Å². The zero-order valence-corrected chi connectivity index (χ0v) is 85.6. The molecule has 1 aliphatic heterocycles. The van der Waals surface area contributed by atoms with Crippen molar-refractivity contribution in [2.24, 2.45) is 41.8 Å². The van der Waals surface area contributed by atoms with Crippen molar-refractivity contribution < 1.29 is 55.5 Å². The number of rotatable bonds is 31. The number of fused-ring (bicyclic) bond motifs is 6. The second-order valence-corrected chi connectivity index (χ2v) is 36.6. The number of aromatic amines is 6. The molecule has 0 unspecified atom stereocenters. The summed E-state index contributed by atoms with van der Waals surface area (Å²) < 4.78 is 31.2. The van der Waals surface area contributed by atoms with Gasteiger partial charge in [-0.2, -0.15) is 41.2 Å². The van der Waals surface area contributed by atoms with Crippen molar-refractivity contribution in [3.05, 3.63) is 326 Å². The van der Waals surface area contributed by atoms with Gasteiger partial charge in [0, 0.05) is 71.7 Å². The molecule has 770 valence electrons. The average molecular weight is 2130 g/mol. The maximum Gasteiger partial charge on any atom is 0.337 e. The molecule has 49 heteroatoms. The van der Waals surface area contributed by atoms with Crippen LogP contribution in [0.2, 0.25) is 8.67 Å². The number of benzene rings is 1. The van der Waals surface area contributed by atoms with Gasteiger partial charge in [-0.25, -0.2) is 33.8 Å². The van der Waals surface area contributed by atoms with Crippen LogP contribution in [-0.4, -0.2) is 105 Å². The normalized spacial score (nSPS) is 13.1. The molecule has 16 aromatic rings. The molecule has 0 atom stereocenters. The second kappa shape index (κ2) is 50.7. The van der Waals surface area contributed by atoms with Crippen LogP contribution >= 0.6 is 57.2 Å². The summed E-state index contributed by atoms with van der Waals surface area (Å²) in [6.07, 6.45) is 23.7. The molecule has 0 saturated heterocycles. The zero-order chi connectivity index (χ0) is 106. The lowest BCUT2D eigenvalue weighted by Gasteiger charge is -2.05. The number of nitrogens with zero attached hydrogens (tertiary/aromatic N) is 14. The maximum atomic E-state index is 12.5. The van der Waals surface area contributed by atoms with Gasteiger partial charge in [0.1, 0.15) is 53.1 Å². The van der Waals surface area contributed by atoms with E-state index in [-0.39, 0.29) is 97.3 Å². The maximum absolute atomic E-state index is 12.5. The molecule has 0 amide bonds. The van der Waals surface area contributed by atoms with Gasteiger partial charge < -0.3 is 55.5 Å². The van der Waals surface area contributed by atoms with Gasteiger partial charge in [0.2, 0.25) is 34.3 Å². The summed E-state index contributed by atoms with van der Waals surface area (Å²) in [5.74, 6) is 0.803. The molecule has 3 aliphatic rings. The monoisotopic (exact) mass is 2120 g/mol. The smallest absolute Gasteiger partial charge is 0.337 e. The van der Waals surface area contributed by atoms with Crippen molar-refractivity contribution in [2.75, 3.05) is 0 Å². The third-order valence-corrected chi connectivity index (χ3v) is 25.4. The molecule has 16 heterocycles. The summed E-state index contributed by atoms with van der Waals surface area (Å²) in [7, 11) is 0. The van der Waals surface area contributed by atoms with E-state index in [4.69, 9.17) is 78.7 Å². The lowest BCUT2D eigenvalue weighted by atomic mass is 10.1. The molecule has 0 bridgehead atoms. The number of thiazole rings is 1. The first kappa shape index (κ1) is 108. The van der Waals surface area contributed by atoms with Crippen LogP contribution in [0.4, 0.5) is 0 Å². The number of H-pyrrole nitrogens is 6. The Morgan fingerprint density at radius 2 is 0.812 bits per heavy atom. The standard InChI is InChI=1S/C19H19N3O4S.C18H19N3O4.C17H15N3O4.C16H16N4O4.C15H11Cl2N3O4S.C15H14N4O4S/c1-11(14-7-8-27-10-14)22-26-19-20-17(24)16-13(4-2-3-12-5-6-12)9-15(23)25-18(16)21-19;1-3-4-7-13-10-14(22)24-17-15(13)16(23)19-18(20-17)25-21-11(2)12-8-5-6-9-12;1-3-11-9-13(21)23-16-14(11)15(22)18-17(19-16)24-20-10(2)12-7-5-4-6-8-12;1-3-9-8-12(21)23-15-13(9)14(22)18-16(19-15)24-20-10(4-2)11-6-5-7-17-11;1-3-7-4-10(21)23-14-11(7)13(22)18-15(19-14)24-20-6(2)8-5-9(16)25-12(8)17;1-3-8-7-10(20)22-13-11(8)12(21)17-15(18-13)23-19-9(4-2)14-16-5-6-24-14/h7-10,12H,2-6H2,1H3,(H,20,21,24);5,8-10H,3-4,6-7H2,1-2H3,(H,19,20,23);4-9H,3H2,1-2H3,(H,18,19,22);5,7-8H,3-4,6H2,1-2H3,(H,18,19,22);4-5H,3H2,1-2H3,(H,18,19,22);5-7H,3-4H2,1-2H3,(H,17,18,21)/b22-11-;21-11+;;;20-6+;. The van der Waals surface area contributed by atoms with E-state index in [1.165, 1.54) is 71.9 Å². The predicted octanol–water partition coefficient (Wildman–Crippen LogP) is 16.2. The van der Waals surface area contributed by atoms with Crippen LogP contribution in [0.3, 0.4) is 0 Å². The minimum absolute atomic E-state index is 0.0222. The summed E-state index contributed by atoms with van der Waals surface area (Å²) in [4.78, 5) is 223. The average Bonchev–Trinajstić information content (AvgIpc) is 1.77. The molecule has 19 rings (SSSR count). The highest BCUT2D eigenvalue weighted by atomic mass is 35.5. The molecule has 1 aromatic carbocycles. The summed E-state index contributed by atoms with van der Waals surface area (Å²) in [5, 5.41) is 31.7. The summed E-state index contributed by atoms with van der Waals surface area (Å²) in [6, 6.07) is 20.0. The molecule has 6 N–H and O–H groups in total. The fourth-order valence-corrected chi connectivity index (χ4v) is 17.7. The highest BCUT2D eigenvalue weighted by molar-refractivity contribution is 7.20. The largest absolute Gasteiger partial charge is 0.403 e. The van der Waals surface area contributed by atoms with E-state index in [2.05, 4.69) is 101 Å². The van der Waals surface area contributed by atoms with Crippen LogP contribution in [-0.2, 0) is 38.5 Å². The molecular formula is C100H94Cl2N20O24S3. The van der Waals surface area contributed by atoms with Gasteiger partial charge in [-0.15, -0.1) is 22.7 Å². The minimum atomic E-state index is -0.590. The van der Waals surface area contributed by atoms with Crippen LogP contribution in [0, 0.1) is 5.92 Å². The van der Waals surface area contributed by atoms with Gasteiger partial charge in [-0.05, 0) is 172 Å². The van der Waals surface area contributed by atoms with E-state index in [9.17, 15) is 57.5 Å². The number of thiophene rings is 2. The first-order valence-corrected chi connectivity index (χ1v) is 50.1. The number of unbranched alkanes of at least 4 members (excludes halogenated alkanes) is 1. The molecule has 149 heavy (non-hydrogen) atoms. The predicted molar refractivity (Wildman–Crippen MR) is 565 cm³/mol. The van der Waals surface area contributed by atoms with Gasteiger partial charge in [0.05, 0.1) is 32.9 Å². The van der Waals surface area contributed by atoms with E-state index in [0.717, 1.165) is 65.4 Å². The Labute approximate surface area is 861 Å². The Hall–Kier alpha value is -16.9. The summed E-state index contributed by atoms with van der Waals surface area (Å²) in [6.45, 7) is 20.2. The number of aryl methyl sites for hydroxylation is 6. The number of halogens is 2. The Morgan fingerprint density at radius 3 is 1.15 bits per heavy atom. The molecular weight excluding hydrogens is 2030 g/mol. The zero-order valence-electron chi connectivity index (χ0n) is 81.6. The molecule has 1 saturated carbocycles. The van der Waals surface area contributed by atoms with Crippen LogP contribution in [0.25, 0.3) is 66.6 Å². The molecule has 0 spiro atoms. The van der Waals surface area contributed by atoms with Gasteiger partial charge >= 0.3 is 69.8 Å². The quantitative estimate of drug-likeness (QED) is 0.0174. The lowest BCUT2D eigenvalue weighted by molar-refractivity contribution is 0.310. The van der Waals surface area contributed by atoms with Gasteiger partial charge in [-0.1, -0.05) is 183 Å². The first-order chi connectivity index (χ1) is 71.9. The van der Waals surface area contributed by atoms with Gasteiger partial charge in [0.15, 0.2) is 0 Å². The van der Waals surface area contributed by atoms with Crippen LogP contribution in [0.1, 0.15) is 195 Å². The SMILES string of the molecule is C/C(=N/Oc1nc2oc(=O)cc(CCCC3CC3)c2c(=O)[nH]1)c1ccsc1.CCC(=NOc1nc2oc(=O)cc(CC)c2c(=O)[nH]1)C1=NC=CC1.CCC(=NOc1nc2oc(=O)cc(CC)c2c(=O)[nH]1)c1nccs1.CCCCc1cc(=O)oc2nc(O/N=C(\C)C3=CCC=C3)[nH]c(=O)c12.CCc1cc(=O)oc2nc(O/N=C(\C)c3cc(Cl)sc3Cl)[nH]c(=O)c12.CCc1cc(=O)oc2nc(ON=C(C)c3ccccc3)[nH]c(=O)c12. The van der Waals surface area contributed by atoms with Crippen molar-refractivity contribution in [2.45, 2.75) is 179 Å². The topological polar surface area (TPSA) is 611 Å². The first-order valence-electron chi connectivity index (χ1n) is 46.7. The third kappa shape index (κ3) is 28.2. The van der Waals surface area contributed by atoms with Crippen molar-refractivity contribution in [3.8, 4) is 36.1 Å². The minimum Gasteiger partial charge on any atom is -0.403 e. The number of nitrogens with one attached hydrogen (secondary N) is 6. The lowest BCUT2D eigenvalue weighted by Crippen LogP contribution is -2.16. The number of allylic oxidation sites excluding steroid dienone is 5. The fraction of sp³-hybridized carbons (Fsp3) is 0.280. The highest BCUT2D eigenvalue weighted by Gasteiger charge is 2.25. The van der Waals surface area contributed by atoms with Crippen molar-refractivity contribution in [1.29, 1.82) is 0 Å². The Morgan fingerprint density at radius 1 is 0.430 bits per heavy atom. The van der Waals surface area contributed by atoms with Crippen molar-refractivity contribution >= 4 is 164 Å². The molecule has 44 nitrogen and oxygen atoms in total. The number of oxime groups is 6. The third-order valence-electron chi connectivity index (χ3n) is 22.4. The van der Waals surface area contributed by atoms with Gasteiger partial charge in [0.25, 0.3) is 33.4 Å². The molecule has 2 aliphatic carbocycles. The van der Waals surface area contributed by atoms with Crippen LogP contribution < -0.4 is 96.1 Å². The van der Waals surface area contributed by atoms with Crippen molar-refractivity contribution in [1.82, 2.24) is 64.8 Å². The van der Waals surface area contributed by atoms with E-state index >= 15 is 0 Å². The highest BCUT2D eigenvalue weighted by Crippen LogP contribution is 2.35. The fourth-order valence-electron chi connectivity index (χ4n) is 14.7. The van der Waals surface area contributed by atoms with E-state index in [1.807, 2.05) is 125 Å².